The molecular formula is C9H5F2NO2S. The van der Waals surface area contributed by atoms with Gasteiger partial charge in [-0.05, 0) is 18.2 Å². The summed E-state index contributed by atoms with van der Waals surface area (Å²) in [5, 5.41) is 17.7. The third kappa shape index (κ3) is 1.75. The molecule has 2 rings (SSSR count). The van der Waals surface area contributed by atoms with Crippen molar-refractivity contribution in [2.24, 2.45) is 0 Å². The van der Waals surface area contributed by atoms with Crippen LogP contribution in [0.4, 0.5) is 8.78 Å². The smallest absolute Gasteiger partial charge is 0.267 e. The second-order valence-electron chi connectivity index (χ2n) is 2.77. The van der Waals surface area contributed by atoms with Crippen LogP contribution < -0.4 is 0 Å². The number of hydrogen-bond acceptors (Lipinski definition) is 4. The van der Waals surface area contributed by atoms with Crippen molar-refractivity contribution in [1.29, 1.82) is 0 Å². The second kappa shape index (κ2) is 3.47. The van der Waals surface area contributed by atoms with Gasteiger partial charge in [0.25, 0.3) is 5.88 Å². The molecule has 15 heavy (non-hydrogen) atoms. The summed E-state index contributed by atoms with van der Waals surface area (Å²) in [6, 6.07) is 2.89. The Bertz CT molecular complexity index is 493. The van der Waals surface area contributed by atoms with E-state index in [1.165, 1.54) is 0 Å². The molecule has 0 unspecified atom stereocenters. The average molecular weight is 229 g/mol. The Morgan fingerprint density at radius 3 is 2.53 bits per heavy atom. The third-order valence-corrected chi connectivity index (χ3v) is 2.63. The molecule has 0 amide bonds. The van der Waals surface area contributed by atoms with E-state index in [-0.39, 0.29) is 10.6 Å². The highest BCUT2D eigenvalue weighted by molar-refractivity contribution is 7.17. The molecule has 1 heterocycles. The summed E-state index contributed by atoms with van der Waals surface area (Å²) in [5.74, 6) is -1.86. The Hall–Kier alpha value is -1.69. The predicted octanol–water partition coefficient (Wildman–Crippen LogP) is 2.50. The average Bonchev–Trinajstić information content (AvgIpc) is 2.51. The van der Waals surface area contributed by atoms with Crippen molar-refractivity contribution in [3.05, 3.63) is 29.8 Å². The molecule has 0 aliphatic carbocycles. The van der Waals surface area contributed by atoms with Crippen LogP contribution in [0.25, 0.3) is 10.6 Å². The van der Waals surface area contributed by atoms with Crippen LogP contribution in [-0.4, -0.2) is 15.2 Å². The molecule has 0 bridgehead atoms. The lowest BCUT2D eigenvalue weighted by molar-refractivity contribution is 0.402. The van der Waals surface area contributed by atoms with E-state index in [0.717, 1.165) is 18.2 Å². The first-order chi connectivity index (χ1) is 7.08. The molecule has 0 saturated heterocycles. The van der Waals surface area contributed by atoms with Crippen molar-refractivity contribution in [2.75, 3.05) is 0 Å². The highest BCUT2D eigenvalue weighted by Crippen LogP contribution is 2.37. The quantitative estimate of drug-likeness (QED) is 0.789. The normalized spacial score (nSPS) is 10.5. The van der Waals surface area contributed by atoms with Gasteiger partial charge in [-0.2, -0.15) is 4.98 Å². The summed E-state index contributed by atoms with van der Waals surface area (Å²) in [7, 11) is 0. The van der Waals surface area contributed by atoms with Crippen LogP contribution in [0, 0.1) is 11.6 Å². The first kappa shape index (κ1) is 9.85. The van der Waals surface area contributed by atoms with Crippen LogP contribution >= 0.6 is 11.3 Å². The van der Waals surface area contributed by atoms with Gasteiger partial charge in [-0.25, -0.2) is 8.78 Å². The highest BCUT2D eigenvalue weighted by Gasteiger charge is 2.14. The molecule has 0 saturated carbocycles. The number of nitrogens with zero attached hydrogens (tertiary/aromatic N) is 1. The Balaban J connectivity index is 2.58. The van der Waals surface area contributed by atoms with Crippen molar-refractivity contribution in [2.45, 2.75) is 0 Å². The molecule has 2 N–H and O–H groups in total. The van der Waals surface area contributed by atoms with Gasteiger partial charge >= 0.3 is 0 Å². The van der Waals surface area contributed by atoms with Gasteiger partial charge in [-0.15, -0.1) is 0 Å². The summed E-state index contributed by atoms with van der Waals surface area (Å²) in [6.45, 7) is 0. The zero-order valence-electron chi connectivity index (χ0n) is 7.24. The lowest BCUT2D eigenvalue weighted by Crippen LogP contribution is -1.85. The third-order valence-electron chi connectivity index (χ3n) is 1.75. The van der Waals surface area contributed by atoms with Crippen molar-refractivity contribution in [3.8, 4) is 21.5 Å². The zero-order chi connectivity index (χ0) is 11.0. The fraction of sp³-hybridized carbons (Fsp3) is 0. The maximum absolute atomic E-state index is 13.2. The molecular weight excluding hydrogens is 224 g/mol. The molecule has 0 spiro atoms. The van der Waals surface area contributed by atoms with Gasteiger partial charge in [0.1, 0.15) is 16.6 Å². The monoisotopic (exact) mass is 229 g/mol. The zero-order valence-corrected chi connectivity index (χ0v) is 8.05. The molecule has 6 heteroatoms. The van der Waals surface area contributed by atoms with Crippen LogP contribution in [0.2, 0.25) is 0 Å². The molecule has 0 atom stereocenters. The summed E-state index contributed by atoms with van der Waals surface area (Å²) in [6.07, 6.45) is 0. The Morgan fingerprint density at radius 2 is 1.93 bits per heavy atom. The van der Waals surface area contributed by atoms with E-state index in [9.17, 15) is 8.78 Å². The van der Waals surface area contributed by atoms with E-state index in [4.69, 9.17) is 10.2 Å². The van der Waals surface area contributed by atoms with Crippen LogP contribution in [0.3, 0.4) is 0 Å². The number of halogens is 2. The van der Waals surface area contributed by atoms with Crippen LogP contribution in [0.15, 0.2) is 18.2 Å². The second-order valence-corrected chi connectivity index (χ2v) is 3.75. The Kier molecular flexibility index (Phi) is 2.28. The maximum atomic E-state index is 13.2. The fourth-order valence-corrected chi connectivity index (χ4v) is 1.80. The SMILES string of the molecule is Oc1nc(-c2cc(F)ccc2F)sc1O. The van der Waals surface area contributed by atoms with Gasteiger partial charge in [-0.1, -0.05) is 11.3 Å². The lowest BCUT2D eigenvalue weighted by Gasteiger charge is -1.97. The molecule has 1 aromatic carbocycles. The van der Waals surface area contributed by atoms with Crippen LogP contribution in [0.5, 0.6) is 10.9 Å². The van der Waals surface area contributed by atoms with Gasteiger partial charge in [0, 0.05) is 5.56 Å². The predicted molar refractivity (Wildman–Crippen MR) is 50.8 cm³/mol. The largest absolute Gasteiger partial charge is 0.496 e. The first-order valence-electron chi connectivity index (χ1n) is 3.92. The maximum Gasteiger partial charge on any atom is 0.267 e. The standard InChI is InChI=1S/C9H5F2NO2S/c10-4-1-2-6(11)5(3-4)8-12-7(13)9(14)15-8/h1-3,13-14H. The number of rotatable bonds is 1. The molecule has 0 aliphatic rings. The minimum Gasteiger partial charge on any atom is -0.496 e. The van der Waals surface area contributed by atoms with Crippen molar-refractivity contribution < 1.29 is 19.0 Å². The number of hydrogen-bond donors (Lipinski definition) is 2. The van der Waals surface area contributed by atoms with Crippen molar-refractivity contribution in [1.82, 2.24) is 4.98 Å². The van der Waals surface area contributed by atoms with Crippen LogP contribution in [0.1, 0.15) is 0 Å². The van der Waals surface area contributed by atoms with Crippen LogP contribution in [-0.2, 0) is 0 Å². The number of aromatic hydroxyl groups is 2. The van der Waals surface area contributed by atoms with E-state index in [0.29, 0.717) is 11.3 Å². The van der Waals surface area contributed by atoms with E-state index in [2.05, 4.69) is 4.98 Å². The molecule has 0 radical (unpaired) electrons. The highest BCUT2D eigenvalue weighted by atomic mass is 32.1. The van der Waals surface area contributed by atoms with E-state index < -0.39 is 22.6 Å². The molecule has 3 nitrogen and oxygen atoms in total. The number of aromatic nitrogens is 1. The fourth-order valence-electron chi connectivity index (χ4n) is 1.08. The molecule has 0 fully saturated rings. The molecule has 2 aromatic rings. The van der Waals surface area contributed by atoms with Gasteiger partial charge in [0.2, 0.25) is 5.06 Å². The summed E-state index contributed by atoms with van der Waals surface area (Å²) >= 11 is 0.678. The minimum absolute atomic E-state index is 0.0296. The topological polar surface area (TPSA) is 53.4 Å². The van der Waals surface area contributed by atoms with Gasteiger partial charge in [0.15, 0.2) is 0 Å². The minimum atomic E-state index is -0.662. The Labute approximate surface area is 87.3 Å². The van der Waals surface area contributed by atoms with Gasteiger partial charge < -0.3 is 10.2 Å². The first-order valence-corrected chi connectivity index (χ1v) is 4.74. The van der Waals surface area contributed by atoms with Crippen molar-refractivity contribution in [3.63, 3.8) is 0 Å². The van der Waals surface area contributed by atoms with E-state index in [1.807, 2.05) is 0 Å². The molecule has 78 valence electrons. The summed E-state index contributed by atoms with van der Waals surface area (Å²) < 4.78 is 26.1. The molecule has 0 aliphatic heterocycles. The number of benzene rings is 1. The Morgan fingerprint density at radius 1 is 1.20 bits per heavy atom. The summed E-state index contributed by atoms with van der Waals surface area (Å²) in [5.41, 5.74) is -0.0874. The van der Waals surface area contributed by atoms with E-state index >= 15 is 0 Å². The summed E-state index contributed by atoms with van der Waals surface area (Å²) in [4.78, 5) is 3.50. The molecule has 1 aromatic heterocycles. The van der Waals surface area contributed by atoms with Gasteiger partial charge in [-0.3, -0.25) is 0 Å². The lowest BCUT2D eigenvalue weighted by atomic mass is 10.2. The van der Waals surface area contributed by atoms with Crippen molar-refractivity contribution >= 4 is 11.3 Å². The van der Waals surface area contributed by atoms with Gasteiger partial charge in [0.05, 0.1) is 0 Å². The number of thiazole rings is 1. The van der Waals surface area contributed by atoms with E-state index in [1.54, 1.807) is 0 Å².